The smallest absolute Gasteiger partial charge is 0.141 e. The molecule has 88 valence electrons. The molecule has 1 aliphatic carbocycles. The summed E-state index contributed by atoms with van der Waals surface area (Å²) >= 11 is 0. The molecule has 0 unspecified atom stereocenters. The third-order valence-electron chi connectivity index (χ3n) is 3.20. The summed E-state index contributed by atoms with van der Waals surface area (Å²) in [5, 5.41) is 3.43. The van der Waals surface area contributed by atoms with Gasteiger partial charge in [-0.2, -0.15) is 0 Å². The highest BCUT2D eigenvalue weighted by Crippen LogP contribution is 2.48. The lowest BCUT2D eigenvalue weighted by Gasteiger charge is -2.14. The lowest BCUT2D eigenvalue weighted by atomic mass is 10.0. The largest absolute Gasteiger partial charge is 0.385 e. The van der Waals surface area contributed by atoms with Crippen molar-refractivity contribution in [3.05, 3.63) is 24.3 Å². The summed E-state index contributed by atoms with van der Waals surface area (Å²) in [6.45, 7) is 2.67. The van der Waals surface area contributed by atoms with Crippen molar-refractivity contribution >= 4 is 0 Å². The zero-order valence-electron chi connectivity index (χ0n) is 9.78. The lowest BCUT2D eigenvalue weighted by molar-refractivity contribution is 0.171. The predicted octanol–water partition coefficient (Wildman–Crippen LogP) is 1.38. The first-order valence-electron chi connectivity index (χ1n) is 5.80. The van der Waals surface area contributed by atoms with Gasteiger partial charge in [0.25, 0.3) is 0 Å². The van der Waals surface area contributed by atoms with E-state index in [-0.39, 0.29) is 0 Å². The molecule has 4 heteroatoms. The van der Waals surface area contributed by atoms with E-state index in [9.17, 15) is 0 Å². The van der Waals surface area contributed by atoms with Gasteiger partial charge in [-0.15, -0.1) is 0 Å². The standard InChI is InChI=1S/C12H19N3O/c1-16-8-5-12(3-4-12)10-13-9-11-14-6-2-7-15-11/h2,6-7,13H,3-5,8-10H2,1H3. The van der Waals surface area contributed by atoms with Gasteiger partial charge in [0.15, 0.2) is 0 Å². The molecule has 1 fully saturated rings. The molecule has 0 aliphatic heterocycles. The number of hydrogen-bond donors (Lipinski definition) is 1. The summed E-state index contributed by atoms with van der Waals surface area (Å²) in [4.78, 5) is 8.37. The second-order valence-electron chi connectivity index (χ2n) is 4.51. The van der Waals surface area contributed by atoms with Crippen LogP contribution in [0.3, 0.4) is 0 Å². The number of hydrogen-bond acceptors (Lipinski definition) is 4. The number of rotatable bonds is 7. The van der Waals surface area contributed by atoms with E-state index in [1.807, 2.05) is 6.07 Å². The van der Waals surface area contributed by atoms with Gasteiger partial charge in [-0.05, 0) is 30.7 Å². The van der Waals surface area contributed by atoms with Gasteiger partial charge in [0, 0.05) is 32.7 Å². The van der Waals surface area contributed by atoms with Crippen LogP contribution in [0.25, 0.3) is 0 Å². The molecule has 0 bridgehead atoms. The zero-order valence-corrected chi connectivity index (χ0v) is 9.78. The molecule has 1 heterocycles. The van der Waals surface area contributed by atoms with E-state index < -0.39 is 0 Å². The van der Waals surface area contributed by atoms with E-state index in [1.165, 1.54) is 12.8 Å². The first-order valence-corrected chi connectivity index (χ1v) is 5.80. The molecule has 2 rings (SSSR count). The Balaban J connectivity index is 1.68. The van der Waals surface area contributed by atoms with E-state index in [4.69, 9.17) is 4.74 Å². The predicted molar refractivity (Wildman–Crippen MR) is 61.9 cm³/mol. The Hall–Kier alpha value is -1.00. The average Bonchev–Trinajstić information content (AvgIpc) is 3.09. The Morgan fingerprint density at radius 1 is 1.38 bits per heavy atom. The van der Waals surface area contributed by atoms with Gasteiger partial charge < -0.3 is 10.1 Å². The molecule has 16 heavy (non-hydrogen) atoms. The first kappa shape index (κ1) is 11.5. The number of aromatic nitrogens is 2. The van der Waals surface area contributed by atoms with Crippen LogP contribution in [-0.2, 0) is 11.3 Å². The SMILES string of the molecule is COCCC1(CNCc2ncccn2)CC1. The number of ether oxygens (including phenoxy) is 1. The summed E-state index contributed by atoms with van der Waals surface area (Å²) in [5.41, 5.74) is 0.491. The molecule has 4 nitrogen and oxygen atoms in total. The number of methoxy groups -OCH3 is 1. The van der Waals surface area contributed by atoms with Gasteiger partial charge in [0.05, 0.1) is 6.54 Å². The van der Waals surface area contributed by atoms with Crippen LogP contribution in [0.1, 0.15) is 25.1 Å². The molecule has 1 N–H and O–H groups in total. The fourth-order valence-electron chi connectivity index (χ4n) is 1.87. The lowest BCUT2D eigenvalue weighted by Crippen LogP contribution is -2.25. The van der Waals surface area contributed by atoms with Crippen LogP contribution in [0.5, 0.6) is 0 Å². The van der Waals surface area contributed by atoms with Crippen molar-refractivity contribution in [2.24, 2.45) is 5.41 Å². The maximum atomic E-state index is 5.13. The minimum absolute atomic E-state index is 0.491. The summed E-state index contributed by atoms with van der Waals surface area (Å²) in [5.74, 6) is 0.866. The van der Waals surface area contributed by atoms with Crippen LogP contribution < -0.4 is 5.32 Å². The van der Waals surface area contributed by atoms with Crippen molar-refractivity contribution < 1.29 is 4.74 Å². The molecule has 0 aromatic carbocycles. The fourth-order valence-corrected chi connectivity index (χ4v) is 1.87. The number of nitrogens with zero attached hydrogens (tertiary/aromatic N) is 2. The molecule has 0 atom stereocenters. The quantitative estimate of drug-likeness (QED) is 0.755. The third-order valence-corrected chi connectivity index (χ3v) is 3.20. The van der Waals surface area contributed by atoms with Crippen LogP contribution in [0.4, 0.5) is 0 Å². The number of nitrogens with one attached hydrogen (secondary N) is 1. The molecule has 1 saturated carbocycles. The van der Waals surface area contributed by atoms with Crippen molar-refractivity contribution in [2.45, 2.75) is 25.8 Å². The normalized spacial score (nSPS) is 17.3. The summed E-state index contributed by atoms with van der Waals surface area (Å²) in [6.07, 6.45) is 7.35. The second kappa shape index (κ2) is 5.37. The third kappa shape index (κ3) is 3.25. The zero-order chi connectivity index (χ0) is 11.3. The van der Waals surface area contributed by atoms with Crippen LogP contribution >= 0.6 is 0 Å². The monoisotopic (exact) mass is 221 g/mol. The van der Waals surface area contributed by atoms with Gasteiger partial charge in [0.1, 0.15) is 5.82 Å². The molecule has 0 amide bonds. The van der Waals surface area contributed by atoms with Gasteiger partial charge in [-0.3, -0.25) is 0 Å². The highest BCUT2D eigenvalue weighted by molar-refractivity contribution is 4.95. The summed E-state index contributed by atoms with van der Waals surface area (Å²) in [6, 6.07) is 1.84. The molecular formula is C12H19N3O. The summed E-state index contributed by atoms with van der Waals surface area (Å²) in [7, 11) is 1.77. The Labute approximate surface area is 96.4 Å². The van der Waals surface area contributed by atoms with E-state index in [1.54, 1.807) is 19.5 Å². The van der Waals surface area contributed by atoms with Gasteiger partial charge >= 0.3 is 0 Å². The minimum Gasteiger partial charge on any atom is -0.385 e. The summed E-state index contributed by atoms with van der Waals surface area (Å²) < 4.78 is 5.13. The van der Waals surface area contributed by atoms with Gasteiger partial charge in [-0.1, -0.05) is 0 Å². The fraction of sp³-hybridized carbons (Fsp3) is 0.667. The highest BCUT2D eigenvalue weighted by atomic mass is 16.5. The molecular weight excluding hydrogens is 202 g/mol. The Kier molecular flexibility index (Phi) is 3.85. The van der Waals surface area contributed by atoms with Crippen LogP contribution in [0, 0.1) is 5.41 Å². The topological polar surface area (TPSA) is 47.0 Å². The van der Waals surface area contributed by atoms with Crippen molar-refractivity contribution in [3.63, 3.8) is 0 Å². The van der Waals surface area contributed by atoms with E-state index in [0.717, 1.165) is 31.9 Å². The minimum atomic E-state index is 0.491. The van der Waals surface area contributed by atoms with Crippen LogP contribution in [0.15, 0.2) is 18.5 Å². The second-order valence-corrected chi connectivity index (χ2v) is 4.51. The van der Waals surface area contributed by atoms with E-state index >= 15 is 0 Å². The van der Waals surface area contributed by atoms with Crippen molar-refractivity contribution in [2.75, 3.05) is 20.3 Å². The first-order chi connectivity index (χ1) is 7.85. The van der Waals surface area contributed by atoms with E-state index in [0.29, 0.717) is 5.41 Å². The van der Waals surface area contributed by atoms with Crippen LogP contribution in [-0.4, -0.2) is 30.2 Å². The van der Waals surface area contributed by atoms with Crippen molar-refractivity contribution in [1.82, 2.24) is 15.3 Å². The van der Waals surface area contributed by atoms with Gasteiger partial charge in [0.2, 0.25) is 0 Å². The molecule has 0 saturated heterocycles. The molecule has 1 aromatic rings. The van der Waals surface area contributed by atoms with Gasteiger partial charge in [-0.25, -0.2) is 9.97 Å². The Morgan fingerprint density at radius 3 is 2.75 bits per heavy atom. The maximum Gasteiger partial charge on any atom is 0.141 e. The Morgan fingerprint density at radius 2 is 2.12 bits per heavy atom. The van der Waals surface area contributed by atoms with Crippen molar-refractivity contribution in [1.29, 1.82) is 0 Å². The molecule has 1 aromatic heterocycles. The highest BCUT2D eigenvalue weighted by Gasteiger charge is 2.41. The maximum absolute atomic E-state index is 5.13. The average molecular weight is 221 g/mol. The van der Waals surface area contributed by atoms with Crippen molar-refractivity contribution in [3.8, 4) is 0 Å². The van der Waals surface area contributed by atoms with E-state index in [2.05, 4.69) is 15.3 Å². The molecule has 0 spiro atoms. The molecule has 0 radical (unpaired) electrons. The van der Waals surface area contributed by atoms with Crippen LogP contribution in [0.2, 0.25) is 0 Å². The molecule has 1 aliphatic rings. The Bertz CT molecular complexity index is 311.